The van der Waals surface area contributed by atoms with Crippen molar-refractivity contribution >= 4 is 17.6 Å². The van der Waals surface area contributed by atoms with Crippen molar-refractivity contribution in [2.75, 3.05) is 5.32 Å². The third kappa shape index (κ3) is 3.22. The number of fused-ring (bicyclic) bond motifs is 1. The number of hydrogen-bond acceptors (Lipinski definition) is 3. The number of carbonyl (C=O) groups excluding carboxylic acids is 2. The zero-order valence-corrected chi connectivity index (χ0v) is 17.4. The van der Waals surface area contributed by atoms with Crippen molar-refractivity contribution in [1.29, 1.82) is 0 Å². The number of hydrogen-bond donors (Lipinski definition) is 1. The molecule has 1 spiro atoms. The highest BCUT2D eigenvalue weighted by Gasteiger charge is 2.56. The van der Waals surface area contributed by atoms with Crippen molar-refractivity contribution in [1.82, 2.24) is 9.88 Å². The van der Waals surface area contributed by atoms with Crippen LogP contribution in [0.3, 0.4) is 0 Å². The molecular weight excluding hydrogens is 362 g/mol. The summed E-state index contributed by atoms with van der Waals surface area (Å²) in [4.78, 5) is 33.7. The Balaban J connectivity index is 1.83. The Morgan fingerprint density at radius 3 is 2.62 bits per heavy atom. The van der Waals surface area contributed by atoms with E-state index in [1.165, 1.54) is 0 Å². The first-order chi connectivity index (χ1) is 14.0. The van der Waals surface area contributed by atoms with Crippen molar-refractivity contribution in [2.24, 2.45) is 0 Å². The SMILES string of the molecule is CC[C@H](C)N1C(=O)c2ccccc2[C@H](C(=O)Nc2cccc(C)n2)C12CCCC2. The molecule has 1 saturated carbocycles. The third-order valence-corrected chi connectivity index (χ3v) is 6.64. The molecule has 5 heteroatoms. The molecule has 0 radical (unpaired) electrons. The van der Waals surface area contributed by atoms with Crippen LogP contribution in [0.1, 0.15) is 73.5 Å². The molecule has 0 saturated heterocycles. The van der Waals surface area contributed by atoms with E-state index in [4.69, 9.17) is 0 Å². The van der Waals surface area contributed by atoms with E-state index in [9.17, 15) is 9.59 Å². The number of amides is 2. The van der Waals surface area contributed by atoms with Crippen molar-refractivity contribution in [3.8, 4) is 0 Å². The van der Waals surface area contributed by atoms with E-state index in [-0.39, 0.29) is 17.9 Å². The molecule has 1 aliphatic carbocycles. The molecule has 0 unspecified atom stereocenters. The number of carbonyl (C=O) groups is 2. The molecule has 1 N–H and O–H groups in total. The van der Waals surface area contributed by atoms with Gasteiger partial charge in [-0.05, 0) is 56.9 Å². The number of pyridine rings is 1. The highest BCUT2D eigenvalue weighted by atomic mass is 16.2. The van der Waals surface area contributed by atoms with Gasteiger partial charge in [-0.15, -0.1) is 0 Å². The fraction of sp³-hybridized carbons (Fsp3) is 0.458. The van der Waals surface area contributed by atoms with Gasteiger partial charge in [0, 0.05) is 17.3 Å². The minimum atomic E-state index is -0.464. The van der Waals surface area contributed by atoms with Crippen LogP contribution in [0.2, 0.25) is 0 Å². The first-order valence-electron chi connectivity index (χ1n) is 10.6. The quantitative estimate of drug-likeness (QED) is 0.823. The summed E-state index contributed by atoms with van der Waals surface area (Å²) in [5.41, 5.74) is 1.90. The molecule has 0 bridgehead atoms. The van der Waals surface area contributed by atoms with Crippen LogP contribution in [-0.2, 0) is 4.79 Å². The zero-order valence-electron chi connectivity index (χ0n) is 17.4. The van der Waals surface area contributed by atoms with Gasteiger partial charge >= 0.3 is 0 Å². The average Bonchev–Trinajstić information content (AvgIpc) is 3.17. The number of anilines is 1. The molecule has 2 amide bonds. The first kappa shape index (κ1) is 19.6. The maximum absolute atomic E-state index is 13.7. The highest BCUT2D eigenvalue weighted by Crippen LogP contribution is 2.51. The van der Waals surface area contributed by atoms with Crippen molar-refractivity contribution < 1.29 is 9.59 Å². The van der Waals surface area contributed by atoms with E-state index in [1.54, 1.807) is 0 Å². The Morgan fingerprint density at radius 2 is 1.93 bits per heavy atom. The van der Waals surface area contributed by atoms with Gasteiger partial charge in [-0.25, -0.2) is 4.98 Å². The molecule has 2 heterocycles. The third-order valence-electron chi connectivity index (χ3n) is 6.64. The molecule has 2 aromatic rings. The van der Waals surface area contributed by atoms with Gasteiger partial charge in [0.05, 0.1) is 11.5 Å². The van der Waals surface area contributed by atoms with Crippen LogP contribution in [-0.4, -0.2) is 33.3 Å². The Kier molecular flexibility index (Phi) is 5.15. The van der Waals surface area contributed by atoms with Crippen LogP contribution in [0, 0.1) is 6.92 Å². The van der Waals surface area contributed by atoms with E-state index in [0.717, 1.165) is 43.4 Å². The zero-order chi connectivity index (χ0) is 20.6. The van der Waals surface area contributed by atoms with Crippen LogP contribution in [0.5, 0.6) is 0 Å². The van der Waals surface area contributed by atoms with Crippen LogP contribution in [0.15, 0.2) is 42.5 Å². The van der Waals surface area contributed by atoms with Crippen LogP contribution < -0.4 is 5.32 Å². The summed E-state index contributed by atoms with van der Waals surface area (Å²) in [6.07, 6.45) is 4.65. The number of nitrogens with zero attached hydrogens (tertiary/aromatic N) is 2. The number of aryl methyl sites for hydroxylation is 1. The monoisotopic (exact) mass is 391 g/mol. The van der Waals surface area contributed by atoms with Crippen molar-refractivity contribution in [3.05, 3.63) is 59.3 Å². The van der Waals surface area contributed by atoms with Gasteiger partial charge in [0.1, 0.15) is 5.82 Å². The Morgan fingerprint density at radius 1 is 1.21 bits per heavy atom. The molecule has 5 nitrogen and oxygen atoms in total. The first-order valence-corrected chi connectivity index (χ1v) is 10.6. The van der Waals surface area contributed by atoms with E-state index >= 15 is 0 Å². The molecule has 4 rings (SSSR count). The number of rotatable bonds is 4. The fourth-order valence-corrected chi connectivity index (χ4v) is 5.24. The van der Waals surface area contributed by atoms with Gasteiger partial charge in [-0.3, -0.25) is 9.59 Å². The largest absolute Gasteiger partial charge is 0.329 e. The Labute approximate surface area is 172 Å². The van der Waals surface area contributed by atoms with Crippen molar-refractivity contribution in [2.45, 2.75) is 70.4 Å². The Hall–Kier alpha value is -2.69. The molecule has 1 aliphatic heterocycles. The van der Waals surface area contributed by atoms with Gasteiger partial charge < -0.3 is 10.2 Å². The fourth-order valence-electron chi connectivity index (χ4n) is 5.24. The van der Waals surface area contributed by atoms with Crippen LogP contribution in [0.25, 0.3) is 0 Å². The molecule has 2 aliphatic rings. The second-order valence-electron chi connectivity index (χ2n) is 8.42. The predicted molar refractivity (Wildman–Crippen MR) is 114 cm³/mol. The minimum Gasteiger partial charge on any atom is -0.329 e. The Bertz CT molecular complexity index is 933. The standard InChI is InChI=1S/C24H29N3O2/c1-4-17(3)27-23(29)19-12-6-5-11-18(19)21(24(27)14-7-8-15-24)22(28)26-20-13-9-10-16(2)25-20/h5-6,9-13,17,21H,4,7-8,14-15H2,1-3H3,(H,25,26,28)/t17-,21+/m0/s1. The van der Waals surface area contributed by atoms with Crippen LogP contribution in [0.4, 0.5) is 5.82 Å². The summed E-state index contributed by atoms with van der Waals surface area (Å²) in [5, 5.41) is 3.05. The molecule has 29 heavy (non-hydrogen) atoms. The lowest BCUT2D eigenvalue weighted by molar-refractivity contribution is -0.121. The second-order valence-corrected chi connectivity index (χ2v) is 8.42. The lowest BCUT2D eigenvalue weighted by Crippen LogP contribution is -2.62. The molecule has 1 aromatic carbocycles. The molecule has 1 aromatic heterocycles. The van der Waals surface area contributed by atoms with Gasteiger partial charge in [-0.1, -0.05) is 44.0 Å². The highest BCUT2D eigenvalue weighted by molar-refractivity contribution is 6.05. The van der Waals surface area contributed by atoms with Gasteiger partial charge in [0.25, 0.3) is 5.91 Å². The van der Waals surface area contributed by atoms with Gasteiger partial charge in [-0.2, -0.15) is 0 Å². The summed E-state index contributed by atoms with van der Waals surface area (Å²) < 4.78 is 0. The number of benzene rings is 1. The summed E-state index contributed by atoms with van der Waals surface area (Å²) in [6.45, 7) is 6.11. The lowest BCUT2D eigenvalue weighted by Gasteiger charge is -2.52. The van der Waals surface area contributed by atoms with Crippen LogP contribution >= 0.6 is 0 Å². The minimum absolute atomic E-state index is 0.0644. The normalized spacial score (nSPS) is 21.1. The van der Waals surface area contributed by atoms with Gasteiger partial charge in [0.15, 0.2) is 0 Å². The van der Waals surface area contributed by atoms with E-state index in [1.807, 2.05) is 54.3 Å². The topological polar surface area (TPSA) is 62.3 Å². The summed E-state index contributed by atoms with van der Waals surface area (Å²) in [5.74, 6) is 0.163. The molecule has 152 valence electrons. The van der Waals surface area contributed by atoms with Crippen molar-refractivity contribution in [3.63, 3.8) is 0 Å². The maximum Gasteiger partial charge on any atom is 0.254 e. The summed E-state index contributed by atoms with van der Waals surface area (Å²) in [6, 6.07) is 13.3. The van der Waals surface area contributed by atoms with E-state index in [2.05, 4.69) is 24.1 Å². The molecule has 2 atom stereocenters. The second kappa shape index (κ2) is 7.62. The van der Waals surface area contributed by atoms with E-state index in [0.29, 0.717) is 11.4 Å². The predicted octanol–water partition coefficient (Wildman–Crippen LogP) is 4.68. The summed E-state index contributed by atoms with van der Waals surface area (Å²) >= 11 is 0. The number of nitrogens with one attached hydrogen (secondary N) is 1. The van der Waals surface area contributed by atoms with Gasteiger partial charge in [0.2, 0.25) is 5.91 Å². The maximum atomic E-state index is 13.7. The average molecular weight is 392 g/mol. The smallest absolute Gasteiger partial charge is 0.254 e. The molecular formula is C24H29N3O2. The lowest BCUT2D eigenvalue weighted by atomic mass is 9.70. The summed E-state index contributed by atoms with van der Waals surface area (Å²) in [7, 11) is 0. The van der Waals surface area contributed by atoms with E-state index < -0.39 is 11.5 Å². The number of aromatic nitrogens is 1. The molecule has 1 fully saturated rings.